The molecule has 1 aliphatic heterocycles. The molecule has 0 radical (unpaired) electrons. The second kappa shape index (κ2) is 4.97. The third kappa shape index (κ3) is 2.91. The fraction of sp³-hybridized carbons (Fsp3) is 0.800. The summed E-state index contributed by atoms with van der Waals surface area (Å²) in [5.41, 5.74) is 0. The molecule has 1 N–H and O–H groups in total. The summed E-state index contributed by atoms with van der Waals surface area (Å²) in [7, 11) is 0. The van der Waals surface area contributed by atoms with Crippen LogP contribution in [0.5, 0.6) is 0 Å². The van der Waals surface area contributed by atoms with Crippen LogP contribution in [0.1, 0.15) is 20.8 Å². The lowest BCUT2D eigenvalue weighted by Gasteiger charge is -1.88. The van der Waals surface area contributed by atoms with Crippen LogP contribution in [-0.4, -0.2) is 11.7 Å². The highest BCUT2D eigenvalue weighted by Crippen LogP contribution is 2.08. The monoisotopic (exact) mass is 132 g/mol. The molecule has 1 heterocycles. The molecule has 0 saturated carbocycles. The van der Waals surface area contributed by atoms with Crippen molar-refractivity contribution in [1.82, 2.24) is 4.72 Å². The number of hydrogen-bond donors (Lipinski definition) is 1. The van der Waals surface area contributed by atoms with Crippen molar-refractivity contribution in [3.8, 4) is 0 Å². The molecule has 0 amide bonds. The van der Waals surface area contributed by atoms with Crippen LogP contribution in [0, 0.1) is 0 Å². The third-order valence-electron chi connectivity index (χ3n) is 0.576. The van der Waals surface area contributed by atoms with E-state index in [1.165, 1.54) is 0 Å². The van der Waals surface area contributed by atoms with Crippen molar-refractivity contribution < 1.29 is 0 Å². The summed E-state index contributed by atoms with van der Waals surface area (Å²) in [4.78, 5) is 3.96. The van der Waals surface area contributed by atoms with Crippen LogP contribution in [-0.2, 0) is 0 Å². The summed E-state index contributed by atoms with van der Waals surface area (Å²) in [5, 5.41) is 0.421. The van der Waals surface area contributed by atoms with E-state index in [1.54, 1.807) is 18.3 Å². The zero-order valence-electron chi connectivity index (χ0n) is 5.51. The Balaban J connectivity index is 0.000000222. The zero-order valence-corrected chi connectivity index (χ0v) is 6.33. The van der Waals surface area contributed by atoms with Crippen LogP contribution < -0.4 is 4.72 Å². The maximum atomic E-state index is 3.96. The number of nitrogens with zero attached hydrogens (tertiary/aromatic N) is 1. The number of aliphatic imine (C=N–C) groups is 1. The van der Waals surface area contributed by atoms with E-state index in [9.17, 15) is 0 Å². The van der Waals surface area contributed by atoms with Gasteiger partial charge in [-0.1, -0.05) is 13.8 Å². The molecular weight excluding hydrogens is 120 g/mol. The van der Waals surface area contributed by atoms with Gasteiger partial charge in [-0.15, -0.1) is 0 Å². The van der Waals surface area contributed by atoms with Gasteiger partial charge in [0.2, 0.25) is 0 Å². The number of nitrogens with one attached hydrogen (secondary N) is 1. The molecule has 0 bridgehead atoms. The normalized spacial score (nSPS) is 23.6. The second-order valence-corrected chi connectivity index (χ2v) is 2.27. The standard InChI is InChI=1S/C3H6N2S.C2H6/c1-3-4-2-5-6-3;1-2/h2-3H,1H3,(H,4,5);1-2H3. The molecule has 0 aromatic rings. The molecule has 3 heteroatoms. The first kappa shape index (κ1) is 7.82. The Morgan fingerprint density at radius 3 is 2.38 bits per heavy atom. The molecular formula is C5H12N2S. The predicted octanol–water partition coefficient (Wildman–Crippen LogP) is 1.64. The van der Waals surface area contributed by atoms with Gasteiger partial charge in [0.15, 0.2) is 0 Å². The molecule has 0 saturated heterocycles. The third-order valence-corrected chi connectivity index (χ3v) is 1.28. The Morgan fingerprint density at radius 2 is 2.25 bits per heavy atom. The van der Waals surface area contributed by atoms with E-state index in [4.69, 9.17) is 0 Å². The lowest BCUT2D eigenvalue weighted by atomic mass is 10.8. The van der Waals surface area contributed by atoms with Crippen molar-refractivity contribution in [2.24, 2.45) is 4.99 Å². The van der Waals surface area contributed by atoms with Gasteiger partial charge in [-0.25, -0.2) is 0 Å². The van der Waals surface area contributed by atoms with Crippen molar-refractivity contribution >= 4 is 18.3 Å². The molecule has 0 aliphatic carbocycles. The minimum Gasteiger partial charge on any atom is -0.319 e. The van der Waals surface area contributed by atoms with Crippen molar-refractivity contribution in [3.05, 3.63) is 0 Å². The molecule has 2 nitrogen and oxygen atoms in total. The second-order valence-electron chi connectivity index (χ2n) is 1.11. The highest BCUT2D eigenvalue weighted by atomic mass is 32.2. The average Bonchev–Trinajstić information content (AvgIpc) is 2.24. The molecule has 1 unspecified atom stereocenters. The van der Waals surface area contributed by atoms with Crippen LogP contribution in [0.15, 0.2) is 4.99 Å². The summed E-state index contributed by atoms with van der Waals surface area (Å²) in [6.07, 6.45) is 1.72. The van der Waals surface area contributed by atoms with Gasteiger partial charge in [0, 0.05) is 0 Å². The highest BCUT2D eigenvalue weighted by Gasteiger charge is 1.99. The largest absolute Gasteiger partial charge is 0.319 e. The Hall–Kier alpha value is -0.180. The molecule has 0 aromatic heterocycles. The predicted molar refractivity (Wildman–Crippen MR) is 40.0 cm³/mol. The fourth-order valence-electron chi connectivity index (χ4n) is 0.295. The first-order chi connectivity index (χ1) is 3.89. The van der Waals surface area contributed by atoms with Gasteiger partial charge >= 0.3 is 0 Å². The molecule has 0 fully saturated rings. The summed E-state index contributed by atoms with van der Waals surface area (Å²) in [6, 6.07) is 0. The van der Waals surface area contributed by atoms with E-state index in [2.05, 4.69) is 9.71 Å². The minimum atomic E-state index is 0.421. The molecule has 0 aromatic carbocycles. The summed E-state index contributed by atoms with van der Waals surface area (Å²) in [5.74, 6) is 0. The number of hydrogen-bond acceptors (Lipinski definition) is 3. The quantitative estimate of drug-likeness (QED) is 0.507. The van der Waals surface area contributed by atoms with E-state index >= 15 is 0 Å². The van der Waals surface area contributed by atoms with Crippen molar-refractivity contribution in [2.75, 3.05) is 0 Å². The van der Waals surface area contributed by atoms with Gasteiger partial charge in [-0.2, -0.15) is 0 Å². The fourth-order valence-corrected chi connectivity index (χ4v) is 0.735. The van der Waals surface area contributed by atoms with Crippen LogP contribution >= 0.6 is 11.9 Å². The smallest absolute Gasteiger partial charge is 0.114 e. The summed E-state index contributed by atoms with van der Waals surface area (Å²) < 4.78 is 2.90. The van der Waals surface area contributed by atoms with Gasteiger partial charge in [0.05, 0.1) is 6.34 Å². The van der Waals surface area contributed by atoms with Gasteiger partial charge in [-0.05, 0) is 18.9 Å². The van der Waals surface area contributed by atoms with Crippen LogP contribution in [0.4, 0.5) is 0 Å². The lowest BCUT2D eigenvalue weighted by Crippen LogP contribution is -1.91. The Kier molecular flexibility index (Phi) is 4.85. The Morgan fingerprint density at radius 1 is 1.62 bits per heavy atom. The molecule has 1 atom stereocenters. The Labute approximate surface area is 54.9 Å². The molecule has 1 rings (SSSR count). The summed E-state index contributed by atoms with van der Waals surface area (Å²) >= 11 is 1.62. The van der Waals surface area contributed by atoms with E-state index in [1.807, 2.05) is 20.8 Å². The molecule has 0 spiro atoms. The lowest BCUT2D eigenvalue weighted by molar-refractivity contribution is 1.07. The maximum absolute atomic E-state index is 3.96. The van der Waals surface area contributed by atoms with Crippen LogP contribution in [0.2, 0.25) is 0 Å². The highest BCUT2D eigenvalue weighted by molar-refractivity contribution is 7.98. The SMILES string of the molecule is CC.CC1N=CNS1. The average molecular weight is 132 g/mol. The van der Waals surface area contributed by atoms with E-state index in [0.29, 0.717) is 5.37 Å². The van der Waals surface area contributed by atoms with Gasteiger partial charge in [-0.3, -0.25) is 4.99 Å². The molecule has 1 aliphatic rings. The minimum absolute atomic E-state index is 0.421. The van der Waals surface area contributed by atoms with Crippen LogP contribution in [0.3, 0.4) is 0 Å². The summed E-state index contributed by atoms with van der Waals surface area (Å²) in [6.45, 7) is 6.04. The first-order valence-corrected chi connectivity index (χ1v) is 3.70. The van der Waals surface area contributed by atoms with E-state index in [-0.39, 0.29) is 0 Å². The van der Waals surface area contributed by atoms with Crippen molar-refractivity contribution in [2.45, 2.75) is 26.1 Å². The van der Waals surface area contributed by atoms with Crippen molar-refractivity contribution in [1.29, 1.82) is 0 Å². The van der Waals surface area contributed by atoms with Gasteiger partial charge in [0.25, 0.3) is 0 Å². The zero-order chi connectivity index (χ0) is 6.41. The number of rotatable bonds is 0. The van der Waals surface area contributed by atoms with Gasteiger partial charge < -0.3 is 4.72 Å². The Bertz CT molecular complexity index is 72.8. The molecule has 8 heavy (non-hydrogen) atoms. The topological polar surface area (TPSA) is 24.4 Å². The van der Waals surface area contributed by atoms with Crippen LogP contribution in [0.25, 0.3) is 0 Å². The van der Waals surface area contributed by atoms with E-state index in [0.717, 1.165) is 0 Å². The molecule has 48 valence electrons. The van der Waals surface area contributed by atoms with E-state index < -0.39 is 0 Å². The maximum Gasteiger partial charge on any atom is 0.114 e. The van der Waals surface area contributed by atoms with Crippen molar-refractivity contribution in [3.63, 3.8) is 0 Å². The van der Waals surface area contributed by atoms with Gasteiger partial charge in [0.1, 0.15) is 5.37 Å². The first-order valence-electron chi connectivity index (χ1n) is 2.82.